The minimum Gasteiger partial charge on any atom is -0.351 e. The molecule has 0 radical (unpaired) electrons. The number of hydrogen-bond acceptors (Lipinski definition) is 4. The molecular formula is C29H39N3O4S. The average molecular weight is 526 g/mol. The molecule has 6 fully saturated rings. The monoisotopic (exact) mass is 525 g/mol. The number of hydrogen-bond donors (Lipinski definition) is 2. The van der Waals surface area contributed by atoms with Gasteiger partial charge in [0.15, 0.2) is 0 Å². The van der Waals surface area contributed by atoms with Gasteiger partial charge in [-0.2, -0.15) is 4.31 Å². The Labute approximate surface area is 220 Å². The second-order valence-electron chi connectivity index (χ2n) is 12.7. The molecule has 2 N–H and O–H groups in total. The number of carbonyl (C=O) groups is 2. The molecule has 1 unspecified atom stereocenters. The van der Waals surface area contributed by atoms with E-state index in [0.29, 0.717) is 24.9 Å². The maximum absolute atomic E-state index is 13.7. The van der Waals surface area contributed by atoms with Gasteiger partial charge in [-0.05, 0) is 124 Å². The average Bonchev–Trinajstić information content (AvgIpc) is 2.85. The number of nitrogens with one attached hydrogen (secondary N) is 2. The lowest BCUT2D eigenvalue weighted by molar-refractivity contribution is -0.117. The first-order chi connectivity index (χ1) is 17.7. The second kappa shape index (κ2) is 9.23. The molecule has 0 aromatic heterocycles. The zero-order chi connectivity index (χ0) is 25.8. The van der Waals surface area contributed by atoms with E-state index in [9.17, 15) is 18.0 Å². The number of sulfonamides is 1. The molecule has 1 aliphatic heterocycles. The fourth-order valence-corrected chi connectivity index (χ4v) is 10.6. The summed E-state index contributed by atoms with van der Waals surface area (Å²) >= 11 is 0. The number of piperidine rings is 1. The van der Waals surface area contributed by atoms with Gasteiger partial charge in [0.25, 0.3) is 5.91 Å². The van der Waals surface area contributed by atoms with E-state index in [4.69, 9.17) is 0 Å². The van der Waals surface area contributed by atoms with Crippen LogP contribution in [-0.2, 0) is 14.8 Å². The van der Waals surface area contributed by atoms with Crippen LogP contribution in [0.4, 0.5) is 0 Å². The van der Waals surface area contributed by atoms with Crippen LogP contribution < -0.4 is 10.6 Å². The van der Waals surface area contributed by atoms with Crippen molar-refractivity contribution in [2.24, 2.45) is 23.2 Å². The third-order valence-electron chi connectivity index (χ3n) is 10.1. The maximum atomic E-state index is 13.7. The zero-order valence-electron chi connectivity index (χ0n) is 21.6. The highest BCUT2D eigenvalue weighted by molar-refractivity contribution is 7.89. The standard InChI is InChI=1S/C29H39N3O4S/c1-2-26(33)31-24-8-11-32(29(18-24)9-3-10-29)37(35,36)25-6-4-23(5-7-25)27(34)30-19-28-15-20-12-21(16-28)14-22(13-20)17-28/h2,4-7,20-22,24H,1,3,8-19H2,(H,30,34)(H,31,33). The summed E-state index contributed by atoms with van der Waals surface area (Å²) in [5, 5.41) is 6.15. The van der Waals surface area contributed by atoms with Crippen molar-refractivity contribution in [2.75, 3.05) is 13.1 Å². The Kier molecular flexibility index (Phi) is 6.26. The molecule has 4 bridgehead atoms. The van der Waals surface area contributed by atoms with Gasteiger partial charge in [0.2, 0.25) is 15.9 Å². The largest absolute Gasteiger partial charge is 0.351 e. The van der Waals surface area contributed by atoms with Gasteiger partial charge in [0, 0.05) is 30.2 Å². The quantitative estimate of drug-likeness (QED) is 0.526. The van der Waals surface area contributed by atoms with Crippen molar-refractivity contribution < 1.29 is 18.0 Å². The van der Waals surface area contributed by atoms with Crippen LogP contribution in [0.25, 0.3) is 0 Å². The van der Waals surface area contributed by atoms with E-state index >= 15 is 0 Å². The molecule has 200 valence electrons. The third-order valence-corrected chi connectivity index (χ3v) is 12.2. The molecule has 8 heteroatoms. The van der Waals surface area contributed by atoms with Gasteiger partial charge in [0.1, 0.15) is 0 Å². The predicted octanol–water partition coefficient (Wildman–Crippen LogP) is 4.01. The van der Waals surface area contributed by atoms with E-state index in [2.05, 4.69) is 17.2 Å². The van der Waals surface area contributed by atoms with Crippen molar-refractivity contribution in [3.8, 4) is 0 Å². The lowest BCUT2D eigenvalue weighted by Crippen LogP contribution is -2.63. The Balaban J connectivity index is 1.11. The summed E-state index contributed by atoms with van der Waals surface area (Å²) in [6.07, 6.45) is 12.9. The van der Waals surface area contributed by atoms with E-state index < -0.39 is 15.6 Å². The van der Waals surface area contributed by atoms with Gasteiger partial charge in [-0.15, -0.1) is 0 Å². The number of nitrogens with zero attached hydrogens (tertiary/aromatic N) is 1. The zero-order valence-corrected chi connectivity index (χ0v) is 22.4. The maximum Gasteiger partial charge on any atom is 0.251 e. The minimum absolute atomic E-state index is 0.0442. The molecule has 1 spiro atoms. The molecule has 7 nitrogen and oxygen atoms in total. The molecule has 1 saturated heterocycles. The van der Waals surface area contributed by atoms with E-state index in [0.717, 1.165) is 43.6 Å². The lowest BCUT2D eigenvalue weighted by atomic mass is 9.49. The van der Waals surface area contributed by atoms with Gasteiger partial charge in [-0.25, -0.2) is 8.42 Å². The number of carbonyl (C=O) groups excluding carboxylic acids is 2. The van der Waals surface area contributed by atoms with Gasteiger partial charge in [-0.3, -0.25) is 9.59 Å². The van der Waals surface area contributed by atoms with Gasteiger partial charge in [-0.1, -0.05) is 6.58 Å². The number of rotatable bonds is 7. The predicted molar refractivity (Wildman–Crippen MR) is 141 cm³/mol. The normalized spacial score (nSPS) is 34.1. The highest BCUT2D eigenvalue weighted by Crippen LogP contribution is 2.59. The number of benzene rings is 1. The SMILES string of the molecule is C=CC(=O)NC1CCN(S(=O)(=O)c2ccc(C(=O)NCC34CC5CC(CC(C5)C3)C4)cc2)C2(CCC2)C1. The molecule has 2 amide bonds. The van der Waals surface area contributed by atoms with Gasteiger partial charge < -0.3 is 10.6 Å². The van der Waals surface area contributed by atoms with Crippen molar-refractivity contribution in [2.45, 2.75) is 87.1 Å². The van der Waals surface area contributed by atoms with Crippen molar-refractivity contribution >= 4 is 21.8 Å². The molecule has 5 saturated carbocycles. The van der Waals surface area contributed by atoms with E-state index in [1.165, 1.54) is 44.6 Å². The Morgan fingerprint density at radius 2 is 1.62 bits per heavy atom. The van der Waals surface area contributed by atoms with Crippen LogP contribution in [0.5, 0.6) is 0 Å². The fraction of sp³-hybridized carbons (Fsp3) is 0.655. The summed E-state index contributed by atoms with van der Waals surface area (Å²) in [5.41, 5.74) is 0.333. The molecule has 7 rings (SSSR count). The van der Waals surface area contributed by atoms with Crippen molar-refractivity contribution in [1.82, 2.24) is 14.9 Å². The van der Waals surface area contributed by atoms with Crippen LogP contribution in [0.15, 0.2) is 41.8 Å². The van der Waals surface area contributed by atoms with Crippen LogP contribution in [0.1, 0.15) is 81.0 Å². The first-order valence-corrected chi connectivity index (χ1v) is 15.5. The Hall–Kier alpha value is -2.19. The van der Waals surface area contributed by atoms with Crippen molar-refractivity contribution in [3.63, 3.8) is 0 Å². The van der Waals surface area contributed by atoms with Crippen LogP contribution in [0, 0.1) is 23.2 Å². The van der Waals surface area contributed by atoms with Crippen molar-refractivity contribution in [1.29, 1.82) is 0 Å². The second-order valence-corrected chi connectivity index (χ2v) is 14.5. The molecule has 37 heavy (non-hydrogen) atoms. The summed E-state index contributed by atoms with van der Waals surface area (Å²) < 4.78 is 29.0. The Morgan fingerprint density at radius 3 is 2.16 bits per heavy atom. The Morgan fingerprint density at radius 1 is 1.00 bits per heavy atom. The first kappa shape index (κ1) is 25.1. The number of amides is 2. The summed E-state index contributed by atoms with van der Waals surface area (Å²) in [5.74, 6) is 2.20. The van der Waals surface area contributed by atoms with Crippen LogP contribution in [0.3, 0.4) is 0 Å². The van der Waals surface area contributed by atoms with E-state index in [1.807, 2.05) is 0 Å². The molecular weight excluding hydrogens is 486 g/mol. The van der Waals surface area contributed by atoms with E-state index in [1.54, 1.807) is 28.6 Å². The highest BCUT2D eigenvalue weighted by atomic mass is 32.2. The third kappa shape index (κ3) is 4.54. The lowest BCUT2D eigenvalue weighted by Gasteiger charge is -2.56. The first-order valence-electron chi connectivity index (χ1n) is 14.0. The van der Waals surface area contributed by atoms with Crippen LogP contribution >= 0.6 is 0 Å². The topological polar surface area (TPSA) is 95.6 Å². The summed E-state index contributed by atoms with van der Waals surface area (Å²) in [6, 6.07) is 6.40. The van der Waals surface area contributed by atoms with Gasteiger partial charge in [0.05, 0.1) is 4.90 Å². The summed E-state index contributed by atoms with van der Waals surface area (Å²) in [4.78, 5) is 25.0. The van der Waals surface area contributed by atoms with E-state index in [-0.39, 0.29) is 28.2 Å². The molecule has 1 heterocycles. The highest BCUT2D eigenvalue weighted by Gasteiger charge is 2.52. The van der Waals surface area contributed by atoms with Crippen molar-refractivity contribution in [3.05, 3.63) is 42.5 Å². The molecule has 1 aromatic carbocycles. The molecule has 5 aliphatic carbocycles. The Bertz CT molecular complexity index is 1150. The fourth-order valence-electron chi connectivity index (χ4n) is 8.75. The minimum atomic E-state index is -3.70. The molecule has 1 atom stereocenters. The molecule has 6 aliphatic rings. The van der Waals surface area contributed by atoms with Gasteiger partial charge >= 0.3 is 0 Å². The summed E-state index contributed by atoms with van der Waals surface area (Å²) in [7, 11) is -3.70. The summed E-state index contributed by atoms with van der Waals surface area (Å²) in [6.45, 7) is 4.62. The molecule has 1 aromatic rings. The van der Waals surface area contributed by atoms with Crippen LogP contribution in [0.2, 0.25) is 0 Å². The van der Waals surface area contributed by atoms with Crippen LogP contribution in [-0.4, -0.2) is 49.2 Å². The smallest absolute Gasteiger partial charge is 0.251 e.